The number of hydrogen-bond acceptors (Lipinski definition) is 5. The molecule has 4 aromatic rings. The van der Waals surface area contributed by atoms with Gasteiger partial charge in [0.05, 0.1) is 11.0 Å². The number of fused-ring (bicyclic) bond motifs is 1. The Morgan fingerprint density at radius 1 is 1.15 bits per heavy atom. The zero-order chi connectivity index (χ0) is 19.0. The van der Waals surface area contributed by atoms with Crippen molar-refractivity contribution >= 4 is 11.0 Å². The molecule has 4 rings (SSSR count). The van der Waals surface area contributed by atoms with Gasteiger partial charge in [-0.05, 0) is 23.8 Å². The molecule has 2 aromatic heterocycles. The Kier molecular flexibility index (Phi) is 3.97. The predicted molar refractivity (Wildman–Crippen MR) is 99.0 cm³/mol. The number of H-pyrrole nitrogens is 1. The fourth-order valence-corrected chi connectivity index (χ4v) is 3.06. The van der Waals surface area contributed by atoms with Crippen LogP contribution in [0.5, 0.6) is 5.75 Å². The first-order valence-corrected chi connectivity index (χ1v) is 8.27. The van der Waals surface area contributed by atoms with Gasteiger partial charge in [-0.25, -0.2) is 9.89 Å². The number of aryl methyl sites for hydroxylation is 2. The van der Waals surface area contributed by atoms with Crippen LogP contribution in [0.1, 0.15) is 11.3 Å². The first kappa shape index (κ1) is 16.6. The molecule has 0 aliphatic heterocycles. The van der Waals surface area contributed by atoms with Gasteiger partial charge in [-0.2, -0.15) is 5.26 Å². The van der Waals surface area contributed by atoms with Gasteiger partial charge in [-0.3, -0.25) is 9.13 Å². The Labute approximate surface area is 154 Å². The zero-order valence-corrected chi connectivity index (χ0v) is 14.8. The molecule has 0 fully saturated rings. The maximum atomic E-state index is 12.0. The molecule has 0 aliphatic rings. The average molecular weight is 360 g/mol. The highest BCUT2D eigenvalue weighted by Gasteiger charge is 2.11. The third-order valence-electron chi connectivity index (χ3n) is 4.51. The monoisotopic (exact) mass is 360 g/mol. The summed E-state index contributed by atoms with van der Waals surface area (Å²) in [6.07, 6.45) is 0. The Morgan fingerprint density at radius 2 is 1.96 bits per heavy atom. The van der Waals surface area contributed by atoms with Crippen molar-refractivity contribution in [2.24, 2.45) is 14.1 Å². The largest absolute Gasteiger partial charge is 0.489 e. The number of nitriles is 1. The Hall–Kier alpha value is -3.86. The lowest BCUT2D eigenvalue weighted by Gasteiger charge is -2.08. The van der Waals surface area contributed by atoms with E-state index < -0.39 is 0 Å². The van der Waals surface area contributed by atoms with Crippen molar-refractivity contribution in [2.75, 3.05) is 0 Å². The van der Waals surface area contributed by atoms with E-state index >= 15 is 0 Å². The van der Waals surface area contributed by atoms with E-state index in [4.69, 9.17) is 10.00 Å². The van der Waals surface area contributed by atoms with Crippen LogP contribution in [0.4, 0.5) is 0 Å². The number of ether oxygens (including phenoxy) is 1. The van der Waals surface area contributed by atoms with Crippen LogP contribution in [-0.2, 0) is 20.7 Å². The molecule has 0 saturated carbocycles. The van der Waals surface area contributed by atoms with Crippen LogP contribution in [0, 0.1) is 11.3 Å². The zero-order valence-electron chi connectivity index (χ0n) is 14.8. The van der Waals surface area contributed by atoms with Crippen molar-refractivity contribution < 1.29 is 4.74 Å². The van der Waals surface area contributed by atoms with Crippen LogP contribution in [0.2, 0.25) is 0 Å². The minimum Gasteiger partial charge on any atom is -0.489 e. The highest BCUT2D eigenvalue weighted by molar-refractivity contribution is 5.77. The normalized spacial score (nSPS) is 10.9. The van der Waals surface area contributed by atoms with Gasteiger partial charge in [-0.1, -0.05) is 23.4 Å². The molecule has 0 amide bonds. The summed E-state index contributed by atoms with van der Waals surface area (Å²) in [5.41, 5.74) is 4.16. The maximum Gasteiger partial charge on any atom is 0.328 e. The van der Waals surface area contributed by atoms with E-state index in [1.165, 1.54) is 0 Å². The molecule has 0 radical (unpaired) electrons. The molecule has 134 valence electrons. The molecule has 0 atom stereocenters. The van der Waals surface area contributed by atoms with E-state index in [2.05, 4.69) is 15.4 Å². The van der Waals surface area contributed by atoms with E-state index in [0.717, 1.165) is 22.2 Å². The lowest BCUT2D eigenvalue weighted by atomic mass is 10.1. The SMILES string of the molecule is Cn1c(=O)n(C)c2cc(OCc3cccc(-c4nn[nH]c4C#N)c3)ccc21. The molecule has 2 aromatic carbocycles. The fraction of sp³-hybridized carbons (Fsp3) is 0.158. The van der Waals surface area contributed by atoms with Gasteiger partial charge in [0.15, 0.2) is 5.69 Å². The number of nitrogens with zero attached hydrogens (tertiary/aromatic N) is 5. The molecule has 0 unspecified atom stereocenters. The van der Waals surface area contributed by atoms with Gasteiger partial charge in [0, 0.05) is 25.7 Å². The molecule has 0 aliphatic carbocycles. The minimum atomic E-state index is -0.0734. The summed E-state index contributed by atoms with van der Waals surface area (Å²) in [7, 11) is 3.48. The minimum absolute atomic E-state index is 0.0734. The maximum absolute atomic E-state index is 12.0. The van der Waals surface area contributed by atoms with Gasteiger partial charge in [-0.15, -0.1) is 5.10 Å². The number of imidazole rings is 1. The molecular formula is C19H16N6O2. The quantitative estimate of drug-likeness (QED) is 0.601. The lowest BCUT2D eigenvalue weighted by molar-refractivity contribution is 0.306. The summed E-state index contributed by atoms with van der Waals surface area (Å²) >= 11 is 0. The van der Waals surface area contributed by atoms with Crippen LogP contribution in [0.15, 0.2) is 47.3 Å². The summed E-state index contributed by atoms with van der Waals surface area (Å²) < 4.78 is 9.10. The first-order chi connectivity index (χ1) is 13.1. The van der Waals surface area contributed by atoms with Crippen molar-refractivity contribution in [3.63, 3.8) is 0 Å². The van der Waals surface area contributed by atoms with Crippen LogP contribution in [0.3, 0.4) is 0 Å². The van der Waals surface area contributed by atoms with Crippen molar-refractivity contribution in [1.82, 2.24) is 24.5 Å². The van der Waals surface area contributed by atoms with Crippen molar-refractivity contribution in [2.45, 2.75) is 6.61 Å². The second kappa shape index (κ2) is 6.46. The summed E-state index contributed by atoms with van der Waals surface area (Å²) in [4.78, 5) is 12.0. The third kappa shape index (κ3) is 2.85. The van der Waals surface area contributed by atoms with E-state index in [1.54, 1.807) is 23.2 Å². The van der Waals surface area contributed by atoms with Gasteiger partial charge >= 0.3 is 5.69 Å². The standard InChI is InChI=1S/C19H16N6O2/c1-24-16-7-6-14(9-17(16)25(2)19(24)26)27-11-12-4-3-5-13(8-12)18-15(10-20)21-23-22-18/h3-9H,11H2,1-2H3,(H,21,22,23). The smallest absolute Gasteiger partial charge is 0.328 e. The summed E-state index contributed by atoms with van der Waals surface area (Å²) in [6, 6.07) is 15.2. The van der Waals surface area contributed by atoms with Crippen molar-refractivity contribution in [3.8, 4) is 23.1 Å². The molecule has 0 bridgehead atoms. The second-order valence-corrected chi connectivity index (χ2v) is 6.19. The van der Waals surface area contributed by atoms with Gasteiger partial charge in [0.1, 0.15) is 24.1 Å². The molecular weight excluding hydrogens is 344 g/mol. The summed E-state index contributed by atoms with van der Waals surface area (Å²) in [5.74, 6) is 0.674. The van der Waals surface area contributed by atoms with Crippen molar-refractivity contribution in [3.05, 3.63) is 64.2 Å². The molecule has 8 heteroatoms. The number of hydrogen-bond donors (Lipinski definition) is 1. The van der Waals surface area contributed by atoms with E-state index in [1.807, 2.05) is 48.5 Å². The first-order valence-electron chi connectivity index (χ1n) is 8.27. The van der Waals surface area contributed by atoms with E-state index in [0.29, 0.717) is 23.7 Å². The van der Waals surface area contributed by atoms with Crippen LogP contribution < -0.4 is 10.4 Å². The molecule has 0 saturated heterocycles. The van der Waals surface area contributed by atoms with E-state index in [-0.39, 0.29) is 5.69 Å². The fourth-order valence-electron chi connectivity index (χ4n) is 3.06. The second-order valence-electron chi connectivity index (χ2n) is 6.19. The molecule has 27 heavy (non-hydrogen) atoms. The van der Waals surface area contributed by atoms with Crippen molar-refractivity contribution in [1.29, 1.82) is 5.26 Å². The Balaban J connectivity index is 1.58. The van der Waals surface area contributed by atoms with Crippen LogP contribution in [0.25, 0.3) is 22.3 Å². The highest BCUT2D eigenvalue weighted by atomic mass is 16.5. The molecule has 8 nitrogen and oxygen atoms in total. The number of aromatic nitrogens is 5. The Morgan fingerprint density at radius 3 is 2.78 bits per heavy atom. The van der Waals surface area contributed by atoms with Gasteiger partial charge < -0.3 is 4.74 Å². The summed E-state index contributed by atoms with van der Waals surface area (Å²) in [5, 5.41) is 19.3. The Bertz CT molecular complexity index is 1240. The molecule has 1 N–H and O–H groups in total. The molecule has 0 spiro atoms. The van der Waals surface area contributed by atoms with Crippen LogP contribution >= 0.6 is 0 Å². The number of nitrogens with one attached hydrogen (secondary N) is 1. The topological polar surface area (TPSA) is 102 Å². The molecule has 2 heterocycles. The van der Waals surface area contributed by atoms with Gasteiger partial charge in [0.2, 0.25) is 0 Å². The highest BCUT2D eigenvalue weighted by Crippen LogP contribution is 2.23. The summed E-state index contributed by atoms with van der Waals surface area (Å²) in [6.45, 7) is 0.347. The third-order valence-corrected chi connectivity index (χ3v) is 4.51. The van der Waals surface area contributed by atoms with E-state index in [9.17, 15) is 4.79 Å². The number of rotatable bonds is 4. The van der Waals surface area contributed by atoms with Gasteiger partial charge in [0.25, 0.3) is 0 Å². The number of aromatic amines is 1. The lowest BCUT2D eigenvalue weighted by Crippen LogP contribution is -2.19. The average Bonchev–Trinajstić information content (AvgIpc) is 3.26. The number of benzene rings is 2. The van der Waals surface area contributed by atoms with Crippen LogP contribution in [-0.4, -0.2) is 24.5 Å². The predicted octanol–water partition coefficient (Wildman–Crippen LogP) is 2.11.